The standard InChI is InChI=1S/C12H15NO2S/c14-11-8-15-10-5-2-1-4-9(10)13(11)12-6-3-7-16-12/h3,6-7,9-10H,1-2,4-5,8H2/t9-,10+/m0/s1. The molecule has 1 aliphatic carbocycles. The lowest BCUT2D eigenvalue weighted by molar-refractivity contribution is -0.133. The highest BCUT2D eigenvalue weighted by Gasteiger charge is 2.39. The molecular formula is C12H15NO2S. The third-order valence-corrected chi connectivity index (χ3v) is 4.30. The van der Waals surface area contributed by atoms with Crippen molar-refractivity contribution in [2.45, 2.75) is 37.8 Å². The molecule has 0 spiro atoms. The van der Waals surface area contributed by atoms with Gasteiger partial charge in [-0.25, -0.2) is 0 Å². The summed E-state index contributed by atoms with van der Waals surface area (Å²) in [7, 11) is 0. The molecule has 0 N–H and O–H groups in total. The maximum Gasteiger partial charge on any atom is 0.253 e. The molecular weight excluding hydrogens is 222 g/mol. The molecule has 1 saturated carbocycles. The first-order chi connectivity index (χ1) is 7.86. The Labute approximate surface area is 99.0 Å². The molecule has 2 aliphatic rings. The van der Waals surface area contributed by atoms with Gasteiger partial charge < -0.3 is 4.74 Å². The number of hydrogen-bond acceptors (Lipinski definition) is 3. The molecule has 0 unspecified atom stereocenters. The Balaban J connectivity index is 1.90. The third kappa shape index (κ3) is 1.66. The van der Waals surface area contributed by atoms with Crippen LogP contribution in [0, 0.1) is 0 Å². The van der Waals surface area contributed by atoms with E-state index in [9.17, 15) is 4.79 Å². The Bertz CT molecular complexity index is 376. The second-order valence-electron chi connectivity index (χ2n) is 4.42. The van der Waals surface area contributed by atoms with E-state index in [0.29, 0.717) is 0 Å². The Morgan fingerprint density at radius 1 is 1.38 bits per heavy atom. The summed E-state index contributed by atoms with van der Waals surface area (Å²) in [5.74, 6) is 0.116. The number of rotatable bonds is 1. The number of carbonyl (C=O) groups excluding carboxylic acids is 1. The first-order valence-corrected chi connectivity index (χ1v) is 6.71. The normalized spacial score (nSPS) is 30.2. The van der Waals surface area contributed by atoms with Crippen LogP contribution in [0.2, 0.25) is 0 Å². The number of amides is 1. The Kier molecular flexibility index (Phi) is 2.69. The van der Waals surface area contributed by atoms with Crippen LogP contribution in [-0.4, -0.2) is 24.7 Å². The van der Waals surface area contributed by atoms with Gasteiger partial charge in [-0.1, -0.05) is 12.8 Å². The maximum atomic E-state index is 12.0. The van der Waals surface area contributed by atoms with E-state index in [2.05, 4.69) is 0 Å². The van der Waals surface area contributed by atoms with Crippen LogP contribution in [0.15, 0.2) is 17.5 Å². The first-order valence-electron chi connectivity index (χ1n) is 5.83. The smallest absolute Gasteiger partial charge is 0.253 e. The van der Waals surface area contributed by atoms with E-state index in [0.717, 1.165) is 17.8 Å². The maximum absolute atomic E-state index is 12.0. The van der Waals surface area contributed by atoms with Crippen LogP contribution in [0.3, 0.4) is 0 Å². The summed E-state index contributed by atoms with van der Waals surface area (Å²) >= 11 is 1.64. The molecule has 3 nitrogen and oxygen atoms in total. The van der Waals surface area contributed by atoms with Crippen LogP contribution in [-0.2, 0) is 9.53 Å². The van der Waals surface area contributed by atoms with Gasteiger partial charge in [0.15, 0.2) is 0 Å². The van der Waals surface area contributed by atoms with Gasteiger partial charge >= 0.3 is 0 Å². The van der Waals surface area contributed by atoms with Crippen molar-refractivity contribution in [3.63, 3.8) is 0 Å². The quantitative estimate of drug-likeness (QED) is 0.750. The van der Waals surface area contributed by atoms with Crippen molar-refractivity contribution in [3.05, 3.63) is 17.5 Å². The summed E-state index contributed by atoms with van der Waals surface area (Å²) in [6.07, 6.45) is 4.87. The van der Waals surface area contributed by atoms with Gasteiger partial charge in [-0.3, -0.25) is 9.69 Å². The van der Waals surface area contributed by atoms with E-state index < -0.39 is 0 Å². The lowest BCUT2D eigenvalue weighted by Gasteiger charge is -2.42. The summed E-state index contributed by atoms with van der Waals surface area (Å²) in [5.41, 5.74) is 0. The van der Waals surface area contributed by atoms with Crippen LogP contribution in [0.1, 0.15) is 25.7 Å². The van der Waals surface area contributed by atoms with Crippen molar-refractivity contribution in [1.82, 2.24) is 0 Å². The summed E-state index contributed by atoms with van der Waals surface area (Å²) in [6, 6.07) is 4.30. The Morgan fingerprint density at radius 2 is 2.25 bits per heavy atom. The van der Waals surface area contributed by atoms with Crippen molar-refractivity contribution in [1.29, 1.82) is 0 Å². The molecule has 0 bridgehead atoms. The van der Waals surface area contributed by atoms with Gasteiger partial charge in [-0.15, -0.1) is 11.3 Å². The number of carbonyl (C=O) groups is 1. The molecule has 2 heterocycles. The van der Waals surface area contributed by atoms with Gasteiger partial charge in [0.1, 0.15) is 6.61 Å². The van der Waals surface area contributed by atoms with Gasteiger partial charge in [0.05, 0.1) is 17.1 Å². The van der Waals surface area contributed by atoms with Crippen molar-refractivity contribution in [3.8, 4) is 0 Å². The minimum atomic E-state index is 0.116. The van der Waals surface area contributed by atoms with Gasteiger partial charge in [0, 0.05) is 0 Å². The van der Waals surface area contributed by atoms with E-state index >= 15 is 0 Å². The van der Waals surface area contributed by atoms with Crippen LogP contribution in [0.25, 0.3) is 0 Å². The second-order valence-corrected chi connectivity index (χ2v) is 5.34. The number of fused-ring (bicyclic) bond motifs is 1. The van der Waals surface area contributed by atoms with Crippen molar-refractivity contribution in [2.75, 3.05) is 11.5 Å². The predicted octanol–water partition coefficient (Wildman–Crippen LogP) is 2.42. The van der Waals surface area contributed by atoms with E-state index in [1.165, 1.54) is 12.8 Å². The minimum Gasteiger partial charge on any atom is -0.366 e. The third-order valence-electron chi connectivity index (χ3n) is 3.43. The van der Waals surface area contributed by atoms with E-state index in [1.807, 2.05) is 22.4 Å². The molecule has 3 rings (SSSR count). The lowest BCUT2D eigenvalue weighted by atomic mass is 9.90. The van der Waals surface area contributed by atoms with Crippen LogP contribution < -0.4 is 4.90 Å². The highest BCUT2D eigenvalue weighted by atomic mass is 32.1. The number of thiophene rings is 1. The zero-order valence-electron chi connectivity index (χ0n) is 9.09. The summed E-state index contributed by atoms with van der Waals surface area (Å²) in [4.78, 5) is 13.9. The molecule has 1 aliphatic heterocycles. The van der Waals surface area contributed by atoms with Crippen molar-refractivity contribution < 1.29 is 9.53 Å². The molecule has 4 heteroatoms. The molecule has 1 aromatic heterocycles. The molecule has 16 heavy (non-hydrogen) atoms. The van der Waals surface area contributed by atoms with Crippen LogP contribution >= 0.6 is 11.3 Å². The highest BCUT2D eigenvalue weighted by Crippen LogP contribution is 2.34. The molecule has 0 aromatic carbocycles. The van der Waals surface area contributed by atoms with E-state index in [4.69, 9.17) is 4.74 Å². The fourth-order valence-electron chi connectivity index (χ4n) is 2.69. The number of morpholine rings is 1. The molecule has 2 atom stereocenters. The van der Waals surface area contributed by atoms with Crippen molar-refractivity contribution >= 4 is 22.2 Å². The van der Waals surface area contributed by atoms with Crippen LogP contribution in [0.5, 0.6) is 0 Å². The van der Waals surface area contributed by atoms with Gasteiger partial charge in [0.25, 0.3) is 5.91 Å². The number of anilines is 1. The second kappa shape index (κ2) is 4.18. The molecule has 86 valence electrons. The number of ether oxygens (including phenoxy) is 1. The van der Waals surface area contributed by atoms with Crippen LogP contribution in [0.4, 0.5) is 5.00 Å². The average Bonchev–Trinajstić information content (AvgIpc) is 2.82. The van der Waals surface area contributed by atoms with E-state index in [-0.39, 0.29) is 24.7 Å². The zero-order chi connectivity index (χ0) is 11.0. The van der Waals surface area contributed by atoms with Gasteiger partial charge in [-0.05, 0) is 30.4 Å². The van der Waals surface area contributed by atoms with E-state index in [1.54, 1.807) is 11.3 Å². The molecule has 2 fully saturated rings. The van der Waals surface area contributed by atoms with Crippen molar-refractivity contribution in [2.24, 2.45) is 0 Å². The summed E-state index contributed by atoms with van der Waals surface area (Å²) < 4.78 is 5.64. The SMILES string of the molecule is O=C1CO[C@@H]2CCCC[C@@H]2N1c1cccs1. The molecule has 1 amide bonds. The minimum absolute atomic E-state index is 0.116. The molecule has 1 saturated heterocycles. The highest BCUT2D eigenvalue weighted by molar-refractivity contribution is 7.14. The lowest BCUT2D eigenvalue weighted by Crippen LogP contribution is -2.55. The van der Waals surface area contributed by atoms with Gasteiger partial charge in [-0.2, -0.15) is 0 Å². The van der Waals surface area contributed by atoms with Gasteiger partial charge in [0.2, 0.25) is 0 Å². The largest absolute Gasteiger partial charge is 0.366 e. The summed E-state index contributed by atoms with van der Waals surface area (Å²) in [5, 5.41) is 3.10. The first kappa shape index (κ1) is 10.3. The fourth-order valence-corrected chi connectivity index (χ4v) is 3.50. The number of hydrogen-bond donors (Lipinski definition) is 0. The Morgan fingerprint density at radius 3 is 3.06 bits per heavy atom. The molecule has 1 aromatic rings. The fraction of sp³-hybridized carbons (Fsp3) is 0.583. The predicted molar refractivity (Wildman–Crippen MR) is 63.8 cm³/mol. The average molecular weight is 237 g/mol. The number of nitrogens with zero attached hydrogens (tertiary/aromatic N) is 1. The summed E-state index contributed by atoms with van der Waals surface area (Å²) in [6.45, 7) is 0.249. The monoisotopic (exact) mass is 237 g/mol. The zero-order valence-corrected chi connectivity index (χ0v) is 9.91. The Hall–Kier alpha value is -0.870. The molecule has 0 radical (unpaired) electrons. The topological polar surface area (TPSA) is 29.5 Å².